The lowest BCUT2D eigenvalue weighted by Crippen LogP contribution is -2.18. The zero-order valence-electron chi connectivity index (χ0n) is 15.1. The SMILES string of the molecule is Cc1cccc(S(=O)(=O)c2ccccc2C(C)(C)C)c1OCC1CO1. The molecule has 0 aromatic heterocycles. The molecule has 0 amide bonds. The molecule has 1 aliphatic heterocycles. The monoisotopic (exact) mass is 360 g/mol. The minimum atomic E-state index is -3.70. The van der Waals surface area contributed by atoms with E-state index in [1.165, 1.54) is 0 Å². The second-order valence-electron chi connectivity index (χ2n) is 7.42. The van der Waals surface area contributed by atoms with Gasteiger partial charge in [0.25, 0.3) is 0 Å². The summed E-state index contributed by atoms with van der Waals surface area (Å²) >= 11 is 0. The Balaban J connectivity index is 2.11. The number of hydrogen-bond acceptors (Lipinski definition) is 4. The highest BCUT2D eigenvalue weighted by Crippen LogP contribution is 2.37. The molecular formula is C20H24O4S. The molecule has 1 unspecified atom stereocenters. The van der Waals surface area contributed by atoms with Gasteiger partial charge in [0.2, 0.25) is 9.84 Å². The third kappa shape index (κ3) is 3.72. The minimum absolute atomic E-state index is 0.0667. The highest BCUT2D eigenvalue weighted by atomic mass is 32.2. The molecule has 1 saturated heterocycles. The van der Waals surface area contributed by atoms with Crippen LogP contribution in [-0.4, -0.2) is 27.7 Å². The van der Waals surface area contributed by atoms with Gasteiger partial charge in [-0.3, -0.25) is 0 Å². The van der Waals surface area contributed by atoms with E-state index in [-0.39, 0.29) is 16.4 Å². The Morgan fingerprint density at radius 2 is 1.72 bits per heavy atom. The van der Waals surface area contributed by atoms with E-state index in [1.807, 2.05) is 45.9 Å². The second kappa shape index (κ2) is 6.46. The molecule has 3 rings (SSSR count). The lowest BCUT2D eigenvalue weighted by atomic mass is 9.87. The van der Waals surface area contributed by atoms with Gasteiger partial charge in [-0.1, -0.05) is 51.1 Å². The Bertz CT molecular complexity index is 875. The fraction of sp³-hybridized carbons (Fsp3) is 0.400. The topological polar surface area (TPSA) is 55.9 Å². The third-order valence-corrected chi connectivity index (χ3v) is 6.10. The standard InChI is InChI=1S/C20H24O4S/c1-14-8-7-11-18(19(14)24-13-15-12-23-15)25(21,22)17-10-6-5-9-16(17)20(2,3)4/h5-11,15H,12-13H2,1-4H3. The minimum Gasteiger partial charge on any atom is -0.489 e. The largest absolute Gasteiger partial charge is 0.489 e. The maximum Gasteiger partial charge on any atom is 0.210 e. The van der Waals surface area contributed by atoms with Crippen LogP contribution in [0.3, 0.4) is 0 Å². The molecule has 2 aromatic rings. The average Bonchev–Trinajstić information content (AvgIpc) is 3.37. The van der Waals surface area contributed by atoms with E-state index < -0.39 is 9.84 Å². The van der Waals surface area contributed by atoms with Gasteiger partial charge in [0, 0.05) is 0 Å². The van der Waals surface area contributed by atoms with Crippen molar-refractivity contribution in [1.29, 1.82) is 0 Å². The summed E-state index contributed by atoms with van der Waals surface area (Å²) in [6, 6.07) is 12.4. The summed E-state index contributed by atoms with van der Waals surface area (Å²) in [5.74, 6) is 0.418. The molecule has 4 nitrogen and oxygen atoms in total. The summed E-state index contributed by atoms with van der Waals surface area (Å²) < 4.78 is 37.8. The molecule has 134 valence electrons. The zero-order chi connectivity index (χ0) is 18.2. The molecule has 0 N–H and O–H groups in total. The normalized spacial score (nSPS) is 17.4. The van der Waals surface area contributed by atoms with Crippen molar-refractivity contribution in [2.75, 3.05) is 13.2 Å². The molecule has 0 aliphatic carbocycles. The molecule has 2 aromatic carbocycles. The van der Waals surface area contributed by atoms with Crippen LogP contribution in [0.4, 0.5) is 0 Å². The van der Waals surface area contributed by atoms with Gasteiger partial charge in [-0.25, -0.2) is 8.42 Å². The number of hydrogen-bond donors (Lipinski definition) is 0. The highest BCUT2D eigenvalue weighted by Gasteiger charge is 2.30. The number of aryl methyl sites for hydroxylation is 1. The Kier molecular flexibility index (Phi) is 4.64. The Morgan fingerprint density at radius 1 is 1.08 bits per heavy atom. The first-order valence-electron chi connectivity index (χ1n) is 8.40. The van der Waals surface area contributed by atoms with Crippen LogP contribution in [0.15, 0.2) is 52.3 Å². The second-order valence-corrected chi connectivity index (χ2v) is 9.30. The van der Waals surface area contributed by atoms with Crippen molar-refractivity contribution in [3.8, 4) is 5.75 Å². The molecule has 1 fully saturated rings. The van der Waals surface area contributed by atoms with Crippen LogP contribution in [0.2, 0.25) is 0 Å². The summed E-state index contributed by atoms with van der Waals surface area (Å²) in [7, 11) is -3.70. The molecule has 0 bridgehead atoms. The van der Waals surface area contributed by atoms with Crippen LogP contribution < -0.4 is 4.74 Å². The van der Waals surface area contributed by atoms with E-state index in [0.717, 1.165) is 11.1 Å². The summed E-state index contributed by atoms with van der Waals surface area (Å²) in [6.45, 7) is 8.94. The van der Waals surface area contributed by atoms with E-state index in [1.54, 1.807) is 24.3 Å². The van der Waals surface area contributed by atoms with Crippen molar-refractivity contribution in [2.45, 2.75) is 49.0 Å². The van der Waals surface area contributed by atoms with Gasteiger partial charge < -0.3 is 9.47 Å². The van der Waals surface area contributed by atoms with Crippen LogP contribution in [0.1, 0.15) is 31.9 Å². The van der Waals surface area contributed by atoms with Gasteiger partial charge in [-0.05, 0) is 35.6 Å². The molecule has 1 aliphatic rings. The summed E-state index contributed by atoms with van der Waals surface area (Å²) in [5, 5.41) is 0. The van der Waals surface area contributed by atoms with Gasteiger partial charge >= 0.3 is 0 Å². The molecule has 1 heterocycles. The number of para-hydroxylation sites is 1. The van der Waals surface area contributed by atoms with Gasteiger partial charge in [0.15, 0.2) is 0 Å². The van der Waals surface area contributed by atoms with E-state index in [0.29, 0.717) is 23.9 Å². The Labute approximate surface area is 149 Å². The summed E-state index contributed by atoms with van der Waals surface area (Å²) in [5.41, 5.74) is 1.32. The summed E-state index contributed by atoms with van der Waals surface area (Å²) in [4.78, 5) is 0.547. The Hall–Kier alpha value is -1.85. The van der Waals surface area contributed by atoms with Crippen molar-refractivity contribution in [3.05, 3.63) is 53.6 Å². The number of epoxide rings is 1. The number of benzene rings is 2. The number of ether oxygens (including phenoxy) is 2. The number of sulfone groups is 1. The van der Waals surface area contributed by atoms with Crippen LogP contribution in [-0.2, 0) is 20.0 Å². The lowest BCUT2D eigenvalue weighted by molar-refractivity contribution is 0.256. The molecule has 0 saturated carbocycles. The van der Waals surface area contributed by atoms with Gasteiger partial charge in [0.05, 0.1) is 11.5 Å². The van der Waals surface area contributed by atoms with Crippen molar-refractivity contribution in [1.82, 2.24) is 0 Å². The van der Waals surface area contributed by atoms with Crippen molar-refractivity contribution >= 4 is 9.84 Å². The van der Waals surface area contributed by atoms with Crippen LogP contribution in [0.5, 0.6) is 5.75 Å². The highest BCUT2D eigenvalue weighted by molar-refractivity contribution is 7.91. The van der Waals surface area contributed by atoms with Crippen LogP contribution in [0.25, 0.3) is 0 Å². The van der Waals surface area contributed by atoms with Crippen LogP contribution >= 0.6 is 0 Å². The van der Waals surface area contributed by atoms with Crippen molar-refractivity contribution < 1.29 is 17.9 Å². The van der Waals surface area contributed by atoms with E-state index in [2.05, 4.69) is 0 Å². The van der Waals surface area contributed by atoms with E-state index in [4.69, 9.17) is 9.47 Å². The van der Waals surface area contributed by atoms with Gasteiger partial charge in [-0.15, -0.1) is 0 Å². The van der Waals surface area contributed by atoms with Crippen molar-refractivity contribution in [2.24, 2.45) is 0 Å². The van der Waals surface area contributed by atoms with E-state index in [9.17, 15) is 8.42 Å². The smallest absolute Gasteiger partial charge is 0.210 e. The first kappa shape index (κ1) is 18.0. The van der Waals surface area contributed by atoms with Crippen LogP contribution in [0, 0.1) is 6.92 Å². The molecule has 5 heteroatoms. The lowest BCUT2D eigenvalue weighted by Gasteiger charge is -2.23. The maximum absolute atomic E-state index is 13.4. The molecule has 25 heavy (non-hydrogen) atoms. The first-order chi connectivity index (χ1) is 11.7. The fourth-order valence-electron chi connectivity index (χ4n) is 2.80. The average molecular weight is 360 g/mol. The van der Waals surface area contributed by atoms with Gasteiger partial charge in [0.1, 0.15) is 23.4 Å². The van der Waals surface area contributed by atoms with Crippen molar-refractivity contribution in [3.63, 3.8) is 0 Å². The molecule has 0 spiro atoms. The molecular weight excluding hydrogens is 336 g/mol. The molecule has 0 radical (unpaired) electrons. The van der Waals surface area contributed by atoms with Gasteiger partial charge in [-0.2, -0.15) is 0 Å². The summed E-state index contributed by atoms with van der Waals surface area (Å²) in [6.07, 6.45) is 0.0667. The quantitative estimate of drug-likeness (QED) is 0.759. The molecule has 1 atom stereocenters. The third-order valence-electron chi connectivity index (χ3n) is 4.27. The zero-order valence-corrected chi connectivity index (χ0v) is 15.9. The Morgan fingerprint density at radius 3 is 2.36 bits per heavy atom. The number of rotatable bonds is 5. The van der Waals surface area contributed by atoms with E-state index >= 15 is 0 Å². The maximum atomic E-state index is 13.4. The first-order valence-corrected chi connectivity index (χ1v) is 9.88. The predicted octanol–water partition coefficient (Wildman–Crippen LogP) is 3.90. The fourth-order valence-corrected chi connectivity index (χ4v) is 4.68. The predicted molar refractivity (Wildman–Crippen MR) is 97.0 cm³/mol.